The van der Waals surface area contributed by atoms with E-state index in [0.29, 0.717) is 12.8 Å². The highest BCUT2D eigenvalue weighted by Crippen LogP contribution is 2.41. The first-order valence-corrected chi connectivity index (χ1v) is 4.21. The van der Waals surface area contributed by atoms with Gasteiger partial charge in [-0.25, -0.2) is 0 Å². The average Bonchev–Trinajstić information content (AvgIpc) is 2.81. The molecule has 0 unspecified atom stereocenters. The molecule has 0 aromatic carbocycles. The molecule has 0 radical (unpaired) electrons. The molecular formula is C7H6F3N3O2. The van der Waals surface area contributed by atoms with E-state index in [1.807, 2.05) is 0 Å². The Morgan fingerprint density at radius 3 is 2.53 bits per heavy atom. The van der Waals surface area contributed by atoms with Crippen LogP contribution in [0.4, 0.5) is 13.2 Å². The number of hydrogen-bond acceptors (Lipinski definition) is 3. The van der Waals surface area contributed by atoms with Gasteiger partial charge in [-0.05, 0) is 12.8 Å². The van der Waals surface area contributed by atoms with E-state index in [0.717, 1.165) is 6.07 Å². The fraction of sp³-hybridized carbons (Fsp3) is 0.571. The van der Waals surface area contributed by atoms with Gasteiger partial charge < -0.3 is 10.1 Å². The van der Waals surface area contributed by atoms with Crippen molar-refractivity contribution in [3.63, 3.8) is 0 Å². The fourth-order valence-electron chi connectivity index (χ4n) is 1.32. The second-order valence-corrected chi connectivity index (χ2v) is 3.35. The molecule has 1 heterocycles. The molecule has 1 saturated carbocycles. The predicted molar refractivity (Wildman–Crippen MR) is 41.6 cm³/mol. The molecule has 82 valence electrons. The molecule has 8 heteroatoms. The molecule has 15 heavy (non-hydrogen) atoms. The Labute approximate surface area is 81.6 Å². The summed E-state index contributed by atoms with van der Waals surface area (Å²) in [6.07, 6.45) is -3.28. The van der Waals surface area contributed by atoms with E-state index in [4.69, 9.17) is 0 Å². The highest BCUT2D eigenvalue weighted by Gasteiger charge is 2.43. The standard InChI is InChI=1S/C7H6F3N3O2/c8-7(9,10)6-3-5(4-1-2-4)12(11-6)13(14)15/h3-4H,1-2H2. The number of alkyl halides is 3. The van der Waals surface area contributed by atoms with Gasteiger partial charge in [0.25, 0.3) is 5.69 Å². The van der Waals surface area contributed by atoms with Gasteiger partial charge in [0, 0.05) is 16.8 Å². The number of hydrogen-bond donors (Lipinski definition) is 0. The summed E-state index contributed by atoms with van der Waals surface area (Å²) in [6, 6.07) is 0.750. The zero-order valence-corrected chi connectivity index (χ0v) is 7.36. The molecule has 0 aliphatic heterocycles. The quantitative estimate of drug-likeness (QED) is 0.565. The Morgan fingerprint density at radius 1 is 1.53 bits per heavy atom. The minimum atomic E-state index is -4.63. The van der Waals surface area contributed by atoms with Crippen LogP contribution >= 0.6 is 0 Å². The van der Waals surface area contributed by atoms with E-state index in [9.17, 15) is 23.3 Å². The highest BCUT2D eigenvalue weighted by molar-refractivity contribution is 5.19. The molecule has 5 nitrogen and oxygen atoms in total. The summed E-state index contributed by atoms with van der Waals surface area (Å²) in [7, 11) is 0. The van der Waals surface area contributed by atoms with Crippen molar-refractivity contribution in [1.29, 1.82) is 0 Å². The molecular weight excluding hydrogens is 215 g/mol. The van der Waals surface area contributed by atoms with Crippen LogP contribution in [-0.4, -0.2) is 14.9 Å². The molecule has 1 fully saturated rings. The lowest BCUT2D eigenvalue weighted by atomic mass is 10.2. The highest BCUT2D eigenvalue weighted by atomic mass is 19.4. The van der Waals surface area contributed by atoms with Gasteiger partial charge in [0.1, 0.15) is 5.69 Å². The number of nitrogens with zero attached hydrogens (tertiary/aromatic N) is 3. The monoisotopic (exact) mass is 221 g/mol. The molecule has 0 amide bonds. The van der Waals surface area contributed by atoms with Gasteiger partial charge in [-0.2, -0.15) is 13.2 Å². The molecule has 1 aromatic rings. The fourth-order valence-corrected chi connectivity index (χ4v) is 1.32. The minimum absolute atomic E-state index is 0.0346. The lowest BCUT2D eigenvalue weighted by Crippen LogP contribution is -2.15. The Kier molecular flexibility index (Phi) is 1.95. The third kappa shape index (κ3) is 1.79. The predicted octanol–water partition coefficient (Wildman–Crippen LogP) is 1.82. The van der Waals surface area contributed by atoms with Gasteiger partial charge in [-0.3, -0.25) is 0 Å². The van der Waals surface area contributed by atoms with Crippen molar-refractivity contribution in [1.82, 2.24) is 9.89 Å². The summed E-state index contributed by atoms with van der Waals surface area (Å²) in [5, 5.41) is 12.4. The second kappa shape index (κ2) is 2.94. The average molecular weight is 221 g/mol. The van der Waals surface area contributed by atoms with Crippen LogP contribution in [0.25, 0.3) is 0 Å². The summed E-state index contributed by atoms with van der Waals surface area (Å²) in [6.45, 7) is 0. The summed E-state index contributed by atoms with van der Waals surface area (Å²) in [5.41, 5.74) is -1.17. The van der Waals surface area contributed by atoms with Crippen molar-refractivity contribution in [3.8, 4) is 0 Å². The molecule has 1 aliphatic carbocycles. The number of nitro groups is 1. The van der Waals surface area contributed by atoms with Crippen molar-refractivity contribution in [2.45, 2.75) is 24.9 Å². The maximum atomic E-state index is 12.2. The number of rotatable bonds is 2. The lowest BCUT2D eigenvalue weighted by Gasteiger charge is -1.95. The van der Waals surface area contributed by atoms with Crippen LogP contribution in [0.5, 0.6) is 0 Å². The van der Waals surface area contributed by atoms with E-state index in [2.05, 4.69) is 5.10 Å². The molecule has 0 saturated heterocycles. The van der Waals surface area contributed by atoms with Gasteiger partial charge >= 0.3 is 6.18 Å². The maximum Gasteiger partial charge on any atom is 0.460 e. The topological polar surface area (TPSA) is 61.0 Å². The van der Waals surface area contributed by atoms with Crippen LogP contribution in [0, 0.1) is 10.1 Å². The first-order valence-electron chi connectivity index (χ1n) is 4.21. The third-order valence-electron chi connectivity index (χ3n) is 2.16. The van der Waals surface area contributed by atoms with Crippen LogP contribution in [0.2, 0.25) is 0 Å². The van der Waals surface area contributed by atoms with Crippen LogP contribution in [0.1, 0.15) is 30.1 Å². The van der Waals surface area contributed by atoms with Gasteiger partial charge in [0.15, 0.2) is 0 Å². The van der Waals surface area contributed by atoms with Crippen LogP contribution in [-0.2, 0) is 6.18 Å². The van der Waals surface area contributed by atoms with Gasteiger partial charge in [0.2, 0.25) is 0 Å². The first kappa shape index (κ1) is 9.94. The van der Waals surface area contributed by atoms with E-state index >= 15 is 0 Å². The number of halogens is 3. The minimum Gasteiger partial charge on any atom is -0.339 e. The SMILES string of the molecule is O=[N+]([O-])n1nc(C(F)(F)F)cc1C1CC1. The molecule has 1 aromatic heterocycles. The van der Waals surface area contributed by atoms with Crippen molar-refractivity contribution in [3.05, 3.63) is 27.6 Å². The van der Waals surface area contributed by atoms with Crippen molar-refractivity contribution >= 4 is 0 Å². The summed E-state index contributed by atoms with van der Waals surface area (Å²) < 4.78 is 36.7. The van der Waals surface area contributed by atoms with Gasteiger partial charge in [-0.15, -0.1) is 0 Å². The van der Waals surface area contributed by atoms with Crippen molar-refractivity contribution in [2.24, 2.45) is 0 Å². The molecule has 0 N–H and O–H groups in total. The van der Waals surface area contributed by atoms with Gasteiger partial charge in [0.05, 0.1) is 10.1 Å². The Hall–Kier alpha value is -1.60. The van der Waals surface area contributed by atoms with Gasteiger partial charge in [-0.1, -0.05) is 0 Å². The van der Waals surface area contributed by atoms with Crippen LogP contribution in [0.3, 0.4) is 0 Å². The summed E-state index contributed by atoms with van der Waals surface area (Å²) in [5.74, 6) is -0.154. The largest absolute Gasteiger partial charge is 0.460 e. The Morgan fingerprint density at radius 2 is 2.13 bits per heavy atom. The summed E-state index contributed by atoms with van der Waals surface area (Å²) >= 11 is 0. The van der Waals surface area contributed by atoms with Crippen molar-refractivity contribution in [2.75, 3.05) is 0 Å². The third-order valence-corrected chi connectivity index (χ3v) is 2.16. The molecule has 1 aliphatic rings. The Balaban J connectivity index is 2.44. The normalized spacial score (nSPS) is 16.7. The summed E-state index contributed by atoms with van der Waals surface area (Å²) in [4.78, 5) is 10.7. The van der Waals surface area contributed by atoms with Crippen LogP contribution < -0.4 is 0 Å². The second-order valence-electron chi connectivity index (χ2n) is 3.35. The molecule has 0 bridgehead atoms. The maximum absolute atomic E-state index is 12.2. The lowest BCUT2D eigenvalue weighted by molar-refractivity contribution is -0.554. The number of aromatic nitrogens is 2. The zero-order valence-electron chi connectivity index (χ0n) is 7.36. The van der Waals surface area contributed by atoms with Crippen molar-refractivity contribution < 1.29 is 18.2 Å². The molecule has 0 spiro atoms. The van der Waals surface area contributed by atoms with Crippen LogP contribution in [0.15, 0.2) is 6.07 Å². The van der Waals surface area contributed by atoms with E-state index in [-0.39, 0.29) is 16.4 Å². The van der Waals surface area contributed by atoms with E-state index in [1.165, 1.54) is 0 Å². The smallest absolute Gasteiger partial charge is 0.339 e. The van der Waals surface area contributed by atoms with E-state index < -0.39 is 16.9 Å². The molecule has 0 atom stereocenters. The van der Waals surface area contributed by atoms with E-state index in [1.54, 1.807) is 0 Å². The first-order chi connectivity index (χ1) is 6.89. The molecule has 2 rings (SSSR count). The Bertz CT molecular complexity index is 408. The zero-order chi connectivity index (χ0) is 11.2.